The largest absolute Gasteiger partial charge is 0.399 e. The zero-order valence-corrected chi connectivity index (χ0v) is 20.6. The maximum atomic E-state index is 6.07. The van der Waals surface area contributed by atoms with Crippen molar-refractivity contribution in [1.29, 1.82) is 0 Å². The number of anilines is 4. The molecule has 0 amide bonds. The molecule has 2 nitrogen and oxygen atoms in total. The number of hydrogen-bond donors (Lipinski definition) is 1. The van der Waals surface area contributed by atoms with Crippen LogP contribution in [0, 0.1) is 0 Å². The standard InChI is InChI=1S/C34H28N2/c1-34(2)32-10-6-5-9-29(32)30-18-17-27(21-33(30)34)36(25-15-12-24(35)13-16-25)26-14-11-23-19-22-7-3-4-8-28(22)31(23)20-26/h3-18,20-21H,19,35H2,1-2H3. The predicted molar refractivity (Wildman–Crippen MR) is 151 cm³/mol. The molecule has 0 atom stereocenters. The van der Waals surface area contributed by atoms with Gasteiger partial charge in [0.05, 0.1) is 0 Å². The molecule has 0 heterocycles. The van der Waals surface area contributed by atoms with E-state index in [1.54, 1.807) is 0 Å². The van der Waals surface area contributed by atoms with Gasteiger partial charge in [0.25, 0.3) is 0 Å². The third-order valence-electron chi connectivity index (χ3n) is 8.02. The van der Waals surface area contributed by atoms with E-state index in [-0.39, 0.29) is 5.41 Å². The molecule has 0 saturated carbocycles. The number of nitrogen functional groups attached to an aromatic ring is 1. The maximum absolute atomic E-state index is 6.07. The molecule has 2 heteroatoms. The Morgan fingerprint density at radius 2 is 1.17 bits per heavy atom. The molecule has 7 rings (SSSR count). The number of fused-ring (bicyclic) bond motifs is 6. The molecule has 0 aliphatic heterocycles. The van der Waals surface area contributed by atoms with E-state index < -0.39 is 0 Å². The molecule has 174 valence electrons. The van der Waals surface area contributed by atoms with Crippen molar-refractivity contribution in [1.82, 2.24) is 0 Å². The maximum Gasteiger partial charge on any atom is 0.0467 e. The van der Waals surface area contributed by atoms with Crippen LogP contribution in [0.5, 0.6) is 0 Å². The lowest BCUT2D eigenvalue weighted by Crippen LogP contribution is -2.16. The van der Waals surface area contributed by atoms with Crippen LogP contribution in [0.4, 0.5) is 22.7 Å². The molecule has 0 bridgehead atoms. The molecule has 2 N–H and O–H groups in total. The Hall–Kier alpha value is -4.30. The van der Waals surface area contributed by atoms with Gasteiger partial charge in [-0.15, -0.1) is 0 Å². The first-order valence-corrected chi connectivity index (χ1v) is 12.6. The number of benzene rings is 5. The van der Waals surface area contributed by atoms with Crippen LogP contribution >= 0.6 is 0 Å². The van der Waals surface area contributed by atoms with Crippen molar-refractivity contribution in [3.05, 3.63) is 131 Å². The minimum Gasteiger partial charge on any atom is -0.399 e. The second-order valence-electron chi connectivity index (χ2n) is 10.5. The van der Waals surface area contributed by atoms with Gasteiger partial charge in [-0.3, -0.25) is 0 Å². The number of hydrogen-bond acceptors (Lipinski definition) is 2. The summed E-state index contributed by atoms with van der Waals surface area (Å²) < 4.78 is 0. The highest BCUT2D eigenvalue weighted by Gasteiger charge is 2.35. The number of rotatable bonds is 3. The van der Waals surface area contributed by atoms with E-state index in [1.807, 2.05) is 12.1 Å². The van der Waals surface area contributed by atoms with Crippen LogP contribution in [0.25, 0.3) is 22.3 Å². The summed E-state index contributed by atoms with van der Waals surface area (Å²) in [6.45, 7) is 4.67. The van der Waals surface area contributed by atoms with Crippen LogP contribution in [0.1, 0.15) is 36.1 Å². The van der Waals surface area contributed by atoms with Gasteiger partial charge in [-0.05, 0) is 99.5 Å². The Balaban J connectivity index is 1.41. The summed E-state index contributed by atoms with van der Waals surface area (Å²) in [5.41, 5.74) is 21.1. The molecule has 0 saturated heterocycles. The van der Waals surface area contributed by atoms with Gasteiger partial charge in [0.2, 0.25) is 0 Å². The highest BCUT2D eigenvalue weighted by molar-refractivity contribution is 5.88. The van der Waals surface area contributed by atoms with Crippen LogP contribution in [0.3, 0.4) is 0 Å². The first-order valence-electron chi connectivity index (χ1n) is 12.6. The summed E-state index contributed by atoms with van der Waals surface area (Å²) in [7, 11) is 0. The topological polar surface area (TPSA) is 29.3 Å². The molecular formula is C34H28N2. The summed E-state index contributed by atoms with van der Waals surface area (Å²) in [6.07, 6.45) is 0.999. The lowest BCUT2D eigenvalue weighted by atomic mass is 9.82. The molecule has 0 spiro atoms. The Kier molecular flexibility index (Phi) is 4.44. The van der Waals surface area contributed by atoms with Gasteiger partial charge >= 0.3 is 0 Å². The highest BCUT2D eigenvalue weighted by Crippen LogP contribution is 2.51. The van der Waals surface area contributed by atoms with E-state index in [1.165, 1.54) is 44.5 Å². The molecular weight excluding hydrogens is 436 g/mol. The molecule has 5 aromatic carbocycles. The van der Waals surface area contributed by atoms with E-state index in [2.05, 4.69) is 116 Å². The first-order chi connectivity index (χ1) is 17.5. The average Bonchev–Trinajstić information content (AvgIpc) is 3.38. The van der Waals surface area contributed by atoms with Crippen molar-refractivity contribution < 1.29 is 0 Å². The van der Waals surface area contributed by atoms with Crippen LogP contribution < -0.4 is 10.6 Å². The van der Waals surface area contributed by atoms with Gasteiger partial charge in [-0.25, -0.2) is 0 Å². The second-order valence-corrected chi connectivity index (χ2v) is 10.5. The van der Waals surface area contributed by atoms with Crippen LogP contribution in [-0.4, -0.2) is 0 Å². The van der Waals surface area contributed by atoms with Crippen molar-refractivity contribution in [3.8, 4) is 22.3 Å². The van der Waals surface area contributed by atoms with Crippen molar-refractivity contribution in [2.45, 2.75) is 25.7 Å². The van der Waals surface area contributed by atoms with E-state index in [9.17, 15) is 0 Å². The van der Waals surface area contributed by atoms with Crippen LogP contribution in [0.15, 0.2) is 109 Å². The molecule has 5 aromatic rings. The van der Waals surface area contributed by atoms with Gasteiger partial charge < -0.3 is 10.6 Å². The van der Waals surface area contributed by atoms with Crippen molar-refractivity contribution >= 4 is 22.7 Å². The molecule has 0 fully saturated rings. The molecule has 36 heavy (non-hydrogen) atoms. The van der Waals surface area contributed by atoms with E-state index in [0.29, 0.717) is 0 Å². The van der Waals surface area contributed by atoms with Gasteiger partial charge in [-0.1, -0.05) is 74.5 Å². The van der Waals surface area contributed by atoms with E-state index >= 15 is 0 Å². The normalized spacial score (nSPS) is 14.1. The minimum atomic E-state index is -0.0500. The van der Waals surface area contributed by atoms with Gasteiger partial charge in [0.15, 0.2) is 0 Å². The SMILES string of the molecule is CC1(C)c2ccccc2-c2ccc(N(c3ccc(N)cc3)c3ccc4c(c3)-c3ccccc3C4)cc21. The zero-order valence-electron chi connectivity index (χ0n) is 20.6. The van der Waals surface area contributed by atoms with Gasteiger partial charge in [-0.2, -0.15) is 0 Å². The fourth-order valence-corrected chi connectivity index (χ4v) is 6.15. The monoisotopic (exact) mass is 464 g/mol. The number of nitrogens with zero attached hydrogens (tertiary/aromatic N) is 1. The summed E-state index contributed by atoms with van der Waals surface area (Å²) in [4.78, 5) is 2.36. The van der Waals surface area contributed by atoms with Crippen molar-refractivity contribution in [2.24, 2.45) is 0 Å². The smallest absolute Gasteiger partial charge is 0.0467 e. The van der Waals surface area contributed by atoms with E-state index in [4.69, 9.17) is 5.73 Å². The first kappa shape index (κ1) is 21.0. The Morgan fingerprint density at radius 1 is 0.556 bits per heavy atom. The minimum absolute atomic E-state index is 0.0500. The quantitative estimate of drug-likeness (QED) is 0.266. The Morgan fingerprint density at radius 3 is 2.00 bits per heavy atom. The highest BCUT2D eigenvalue weighted by atomic mass is 15.1. The fraction of sp³-hybridized carbons (Fsp3) is 0.118. The molecule has 2 aliphatic carbocycles. The van der Waals surface area contributed by atoms with Crippen LogP contribution in [0.2, 0.25) is 0 Å². The molecule has 2 aliphatic rings. The van der Waals surface area contributed by atoms with Crippen molar-refractivity contribution in [2.75, 3.05) is 10.6 Å². The van der Waals surface area contributed by atoms with Gasteiger partial charge in [0.1, 0.15) is 0 Å². The molecule has 0 radical (unpaired) electrons. The summed E-state index contributed by atoms with van der Waals surface area (Å²) in [6, 6.07) is 39.6. The fourth-order valence-electron chi connectivity index (χ4n) is 6.15. The predicted octanol–water partition coefficient (Wildman–Crippen LogP) is 8.62. The lowest BCUT2D eigenvalue weighted by Gasteiger charge is -2.28. The summed E-state index contributed by atoms with van der Waals surface area (Å²) in [5, 5.41) is 0. The van der Waals surface area contributed by atoms with Crippen molar-refractivity contribution in [3.63, 3.8) is 0 Å². The molecule has 0 aromatic heterocycles. The number of nitrogens with two attached hydrogens (primary N) is 1. The van der Waals surface area contributed by atoms with Gasteiger partial charge in [0, 0.05) is 28.2 Å². The Labute approximate surface area is 212 Å². The summed E-state index contributed by atoms with van der Waals surface area (Å²) >= 11 is 0. The second kappa shape index (κ2) is 7.60. The van der Waals surface area contributed by atoms with E-state index in [0.717, 1.165) is 29.2 Å². The zero-order chi connectivity index (χ0) is 24.4. The summed E-state index contributed by atoms with van der Waals surface area (Å²) in [5.74, 6) is 0. The third-order valence-corrected chi connectivity index (χ3v) is 8.02. The molecule has 0 unspecified atom stereocenters. The average molecular weight is 465 g/mol. The van der Waals surface area contributed by atoms with Crippen LogP contribution in [-0.2, 0) is 11.8 Å². The lowest BCUT2D eigenvalue weighted by molar-refractivity contribution is 0.660. The third kappa shape index (κ3) is 3.04. The Bertz CT molecular complexity index is 1640.